The molecule has 96 valence electrons. The van der Waals surface area contributed by atoms with Gasteiger partial charge < -0.3 is 9.73 Å². The molecule has 0 saturated carbocycles. The van der Waals surface area contributed by atoms with Crippen molar-refractivity contribution in [3.63, 3.8) is 0 Å². The van der Waals surface area contributed by atoms with Gasteiger partial charge in [0.2, 0.25) is 0 Å². The molecule has 2 heterocycles. The van der Waals surface area contributed by atoms with Crippen molar-refractivity contribution in [1.82, 2.24) is 9.97 Å². The average Bonchev–Trinajstić information content (AvgIpc) is 2.69. The van der Waals surface area contributed by atoms with Crippen LogP contribution in [0.15, 0.2) is 30.3 Å². The number of anilines is 1. The summed E-state index contributed by atoms with van der Waals surface area (Å²) in [6.45, 7) is 2.96. The van der Waals surface area contributed by atoms with E-state index in [0.29, 0.717) is 16.3 Å². The van der Waals surface area contributed by atoms with Crippen molar-refractivity contribution in [2.75, 3.05) is 11.9 Å². The van der Waals surface area contributed by atoms with E-state index in [1.165, 1.54) is 0 Å². The van der Waals surface area contributed by atoms with E-state index in [2.05, 4.69) is 70.0 Å². The molecule has 0 atom stereocenters. The normalized spacial score (nSPS) is 10.7. The molecule has 2 aromatic rings. The van der Waals surface area contributed by atoms with Crippen molar-refractivity contribution in [2.45, 2.75) is 13.3 Å². The molecule has 18 heavy (non-hydrogen) atoms. The first-order chi connectivity index (χ1) is 8.61. The smallest absolute Gasteiger partial charge is 0.197 e. The van der Waals surface area contributed by atoms with Crippen molar-refractivity contribution in [3.8, 4) is 11.6 Å². The van der Waals surface area contributed by atoms with Gasteiger partial charge in [-0.1, -0.05) is 6.92 Å². The monoisotopic (exact) mass is 437 g/mol. The Morgan fingerprint density at radius 1 is 1.28 bits per heavy atom. The van der Waals surface area contributed by atoms with Crippen LogP contribution in [0.1, 0.15) is 13.3 Å². The minimum atomic E-state index is 0.545. The van der Waals surface area contributed by atoms with Gasteiger partial charge in [-0.2, -0.15) is 0 Å². The van der Waals surface area contributed by atoms with Gasteiger partial charge in [0.15, 0.2) is 16.3 Å². The van der Waals surface area contributed by atoms with E-state index in [0.717, 1.165) is 27.7 Å². The van der Waals surface area contributed by atoms with Crippen LogP contribution < -0.4 is 5.32 Å². The van der Waals surface area contributed by atoms with E-state index in [-0.39, 0.29) is 0 Å². The molecule has 4 nitrogen and oxygen atoms in total. The molecule has 0 fully saturated rings. The van der Waals surface area contributed by atoms with Gasteiger partial charge in [-0.05, 0) is 54.2 Å². The van der Waals surface area contributed by atoms with Crippen LogP contribution in [0.5, 0.6) is 0 Å². The van der Waals surface area contributed by atoms with Crippen molar-refractivity contribution in [3.05, 3.63) is 25.9 Å². The maximum Gasteiger partial charge on any atom is 0.197 e. The van der Waals surface area contributed by atoms with E-state index in [1.54, 1.807) is 6.20 Å². The fraction of sp³-hybridized carbons (Fsp3) is 0.273. The standard InChI is InChI=1S/C11H10Br3N3O/c1-2-3-15-10-7(13)5-16-11(17-10)8-4-6(12)9(14)18-8/h4-5H,2-3H2,1H3,(H,15,16,17). The lowest BCUT2D eigenvalue weighted by Crippen LogP contribution is -2.04. The molecule has 0 aliphatic carbocycles. The van der Waals surface area contributed by atoms with Crippen LogP contribution >= 0.6 is 47.8 Å². The first-order valence-corrected chi connectivity index (χ1v) is 7.71. The molecule has 7 heteroatoms. The van der Waals surface area contributed by atoms with Gasteiger partial charge in [-0.3, -0.25) is 0 Å². The molecule has 0 saturated heterocycles. The van der Waals surface area contributed by atoms with Crippen molar-refractivity contribution >= 4 is 53.6 Å². The third-order valence-corrected chi connectivity index (χ3v) is 4.44. The highest BCUT2D eigenvalue weighted by molar-refractivity contribution is 9.13. The zero-order valence-electron chi connectivity index (χ0n) is 9.51. The summed E-state index contributed by atoms with van der Waals surface area (Å²) in [5.41, 5.74) is 0. The third kappa shape index (κ3) is 3.13. The highest BCUT2D eigenvalue weighted by Crippen LogP contribution is 2.32. The summed E-state index contributed by atoms with van der Waals surface area (Å²) in [5.74, 6) is 1.93. The maximum atomic E-state index is 5.50. The van der Waals surface area contributed by atoms with Gasteiger partial charge in [-0.15, -0.1) is 0 Å². The van der Waals surface area contributed by atoms with Crippen LogP contribution in [0, 0.1) is 0 Å². The number of furan rings is 1. The predicted molar refractivity (Wildman–Crippen MR) is 81.6 cm³/mol. The second-order valence-electron chi connectivity index (χ2n) is 3.55. The summed E-state index contributed by atoms with van der Waals surface area (Å²) in [6.07, 6.45) is 2.74. The molecular formula is C11H10Br3N3O. The Bertz CT molecular complexity index is 537. The summed E-state index contributed by atoms with van der Waals surface area (Å²) in [7, 11) is 0. The summed E-state index contributed by atoms with van der Waals surface area (Å²) >= 11 is 10.1. The van der Waals surface area contributed by atoms with Gasteiger partial charge in [0.25, 0.3) is 0 Å². The molecule has 2 aromatic heterocycles. The van der Waals surface area contributed by atoms with Crippen LogP contribution in [-0.4, -0.2) is 16.5 Å². The Balaban J connectivity index is 2.34. The number of nitrogens with one attached hydrogen (secondary N) is 1. The zero-order chi connectivity index (χ0) is 13.1. The van der Waals surface area contributed by atoms with Crippen molar-refractivity contribution in [2.24, 2.45) is 0 Å². The fourth-order valence-corrected chi connectivity index (χ4v) is 2.22. The topological polar surface area (TPSA) is 51.0 Å². The Morgan fingerprint density at radius 3 is 2.67 bits per heavy atom. The molecule has 0 spiro atoms. The quantitative estimate of drug-likeness (QED) is 0.740. The number of nitrogens with zero attached hydrogens (tertiary/aromatic N) is 2. The molecule has 0 aromatic carbocycles. The molecule has 2 rings (SSSR count). The van der Waals surface area contributed by atoms with E-state index in [9.17, 15) is 0 Å². The van der Waals surface area contributed by atoms with Crippen LogP contribution in [0.4, 0.5) is 5.82 Å². The molecule has 0 aliphatic heterocycles. The number of rotatable bonds is 4. The number of hydrogen-bond donors (Lipinski definition) is 1. The first-order valence-electron chi connectivity index (χ1n) is 5.33. The predicted octanol–water partition coefficient (Wildman–Crippen LogP) is 4.85. The molecule has 0 aliphatic rings. The van der Waals surface area contributed by atoms with Gasteiger partial charge in [0, 0.05) is 18.8 Å². The van der Waals surface area contributed by atoms with Crippen LogP contribution in [-0.2, 0) is 0 Å². The van der Waals surface area contributed by atoms with Crippen LogP contribution in [0.3, 0.4) is 0 Å². The highest BCUT2D eigenvalue weighted by atomic mass is 79.9. The molecule has 1 N–H and O–H groups in total. The summed E-state index contributed by atoms with van der Waals surface area (Å²) in [4.78, 5) is 8.67. The number of hydrogen-bond acceptors (Lipinski definition) is 4. The van der Waals surface area contributed by atoms with Crippen LogP contribution in [0.2, 0.25) is 0 Å². The van der Waals surface area contributed by atoms with Gasteiger partial charge in [0.1, 0.15) is 5.82 Å². The summed E-state index contributed by atoms with van der Waals surface area (Å²) in [6, 6.07) is 1.83. The maximum absolute atomic E-state index is 5.50. The SMILES string of the molecule is CCCNc1nc(-c2cc(Br)c(Br)o2)ncc1Br. The lowest BCUT2D eigenvalue weighted by molar-refractivity contribution is 0.549. The second-order valence-corrected chi connectivity index (χ2v) is 5.98. The lowest BCUT2D eigenvalue weighted by atomic mass is 10.4. The van der Waals surface area contributed by atoms with E-state index >= 15 is 0 Å². The zero-order valence-corrected chi connectivity index (χ0v) is 14.3. The third-order valence-electron chi connectivity index (χ3n) is 2.15. The minimum Gasteiger partial charge on any atom is -0.445 e. The molecule has 0 radical (unpaired) electrons. The Hall–Kier alpha value is -0.400. The van der Waals surface area contributed by atoms with Crippen LogP contribution in [0.25, 0.3) is 11.6 Å². The van der Waals surface area contributed by atoms with E-state index in [1.807, 2.05) is 6.07 Å². The fourth-order valence-electron chi connectivity index (χ4n) is 1.31. The summed E-state index contributed by atoms with van der Waals surface area (Å²) < 4.78 is 7.81. The Morgan fingerprint density at radius 2 is 2.06 bits per heavy atom. The van der Waals surface area contributed by atoms with E-state index < -0.39 is 0 Å². The first kappa shape index (κ1) is 14.0. The van der Waals surface area contributed by atoms with Crippen molar-refractivity contribution in [1.29, 1.82) is 0 Å². The molecule has 0 bridgehead atoms. The number of halogens is 3. The Labute approximate surface area is 130 Å². The number of aromatic nitrogens is 2. The minimum absolute atomic E-state index is 0.545. The molecule has 0 amide bonds. The van der Waals surface area contributed by atoms with Gasteiger partial charge in [-0.25, -0.2) is 9.97 Å². The highest BCUT2D eigenvalue weighted by Gasteiger charge is 2.12. The Kier molecular flexibility index (Phi) is 4.80. The second kappa shape index (κ2) is 6.16. The van der Waals surface area contributed by atoms with Gasteiger partial charge in [0.05, 0.1) is 8.95 Å². The average molecular weight is 440 g/mol. The largest absolute Gasteiger partial charge is 0.445 e. The lowest BCUT2D eigenvalue weighted by Gasteiger charge is -2.06. The van der Waals surface area contributed by atoms with Crippen molar-refractivity contribution < 1.29 is 4.42 Å². The summed E-state index contributed by atoms with van der Waals surface area (Å²) in [5, 5.41) is 3.23. The molecular weight excluding hydrogens is 430 g/mol. The molecule has 0 unspecified atom stereocenters. The van der Waals surface area contributed by atoms with E-state index in [4.69, 9.17) is 4.42 Å². The van der Waals surface area contributed by atoms with Gasteiger partial charge >= 0.3 is 0 Å².